The molecule has 0 radical (unpaired) electrons. The summed E-state index contributed by atoms with van der Waals surface area (Å²) in [5.41, 5.74) is 3.27. The van der Waals surface area contributed by atoms with E-state index in [9.17, 15) is 4.79 Å². The van der Waals surface area contributed by atoms with Crippen molar-refractivity contribution in [2.45, 2.75) is 31.7 Å². The summed E-state index contributed by atoms with van der Waals surface area (Å²) in [6.07, 6.45) is 3.26. The molecule has 3 rings (SSSR count). The van der Waals surface area contributed by atoms with Crippen LogP contribution in [0.2, 0.25) is 0 Å². The molecule has 0 saturated heterocycles. The number of rotatable bonds is 6. The molecule has 1 N–H and O–H groups in total. The smallest absolute Gasteiger partial charge is 0.234 e. The molecule has 2 aromatic carbocycles. The van der Waals surface area contributed by atoms with Crippen LogP contribution in [0.15, 0.2) is 59.6 Å². The lowest BCUT2D eigenvalue weighted by Crippen LogP contribution is -2.13. The second-order valence-corrected chi connectivity index (χ2v) is 6.92. The first kappa shape index (κ1) is 16.7. The topological polar surface area (TPSA) is 34.0 Å². The van der Waals surface area contributed by atoms with E-state index in [2.05, 4.69) is 47.3 Å². The zero-order valence-electron chi connectivity index (χ0n) is 14.1. The Labute approximate surface area is 147 Å². The molecule has 0 unspecified atom stereocenters. The van der Waals surface area contributed by atoms with Crippen molar-refractivity contribution < 1.29 is 4.79 Å². The molecule has 0 bridgehead atoms. The molecule has 0 saturated carbocycles. The van der Waals surface area contributed by atoms with Crippen LogP contribution in [0.4, 0.5) is 5.69 Å². The summed E-state index contributed by atoms with van der Waals surface area (Å²) < 4.78 is 2.27. The van der Waals surface area contributed by atoms with E-state index in [1.807, 2.05) is 31.2 Å². The number of hydrogen-bond acceptors (Lipinski definition) is 2. The molecule has 0 aliphatic carbocycles. The number of carbonyl (C=O) groups is 1. The van der Waals surface area contributed by atoms with Gasteiger partial charge >= 0.3 is 0 Å². The van der Waals surface area contributed by atoms with Gasteiger partial charge in [-0.1, -0.05) is 42.8 Å². The molecule has 3 aromatic rings. The fraction of sp³-hybridized carbons (Fsp3) is 0.250. The highest BCUT2D eigenvalue weighted by Crippen LogP contribution is 2.30. The van der Waals surface area contributed by atoms with E-state index in [0.717, 1.165) is 23.5 Å². The maximum absolute atomic E-state index is 12.2. The van der Waals surface area contributed by atoms with Gasteiger partial charge in [0.05, 0.1) is 5.75 Å². The number of thioether (sulfide) groups is 1. The summed E-state index contributed by atoms with van der Waals surface area (Å²) in [4.78, 5) is 13.4. The molecule has 0 fully saturated rings. The second kappa shape index (κ2) is 7.58. The fourth-order valence-electron chi connectivity index (χ4n) is 2.73. The van der Waals surface area contributed by atoms with Crippen molar-refractivity contribution in [1.29, 1.82) is 0 Å². The molecule has 4 heteroatoms. The Morgan fingerprint density at radius 2 is 1.88 bits per heavy atom. The van der Waals surface area contributed by atoms with Crippen LogP contribution in [0, 0.1) is 6.92 Å². The number of amides is 1. The van der Waals surface area contributed by atoms with Gasteiger partial charge in [-0.05, 0) is 31.5 Å². The number of hydrogen-bond donors (Lipinski definition) is 1. The minimum Gasteiger partial charge on any atom is -0.346 e. The lowest BCUT2D eigenvalue weighted by molar-refractivity contribution is -0.113. The van der Waals surface area contributed by atoms with E-state index in [1.54, 1.807) is 11.8 Å². The first-order valence-electron chi connectivity index (χ1n) is 8.24. The predicted octanol–water partition coefficient (Wildman–Crippen LogP) is 5.09. The van der Waals surface area contributed by atoms with Gasteiger partial charge in [0.2, 0.25) is 5.91 Å². The Balaban J connectivity index is 1.69. The molecule has 3 nitrogen and oxygen atoms in total. The normalized spacial score (nSPS) is 10.9. The van der Waals surface area contributed by atoms with Crippen molar-refractivity contribution in [2.24, 2.45) is 0 Å². The summed E-state index contributed by atoms with van der Waals surface area (Å²) in [6.45, 7) is 5.21. The number of anilines is 1. The highest BCUT2D eigenvalue weighted by atomic mass is 32.2. The molecule has 0 aliphatic rings. The van der Waals surface area contributed by atoms with E-state index < -0.39 is 0 Å². The Hall–Kier alpha value is -2.20. The number of benzene rings is 2. The Bertz CT molecular complexity index is 836. The Morgan fingerprint density at radius 3 is 2.62 bits per heavy atom. The number of nitrogens with one attached hydrogen (secondary N) is 1. The van der Waals surface area contributed by atoms with Crippen LogP contribution in [0.5, 0.6) is 0 Å². The fourth-order valence-corrected chi connectivity index (χ4v) is 3.62. The molecule has 1 amide bonds. The van der Waals surface area contributed by atoms with E-state index in [1.165, 1.54) is 16.5 Å². The van der Waals surface area contributed by atoms with Gasteiger partial charge in [-0.2, -0.15) is 0 Å². The summed E-state index contributed by atoms with van der Waals surface area (Å²) in [5.74, 6) is 0.435. The van der Waals surface area contributed by atoms with E-state index in [-0.39, 0.29) is 5.91 Å². The number of aromatic nitrogens is 1. The van der Waals surface area contributed by atoms with Gasteiger partial charge in [-0.25, -0.2) is 0 Å². The molecule has 1 heterocycles. The largest absolute Gasteiger partial charge is 0.346 e. The average Bonchev–Trinajstić information content (AvgIpc) is 2.94. The average molecular weight is 338 g/mol. The molecular weight excluding hydrogens is 316 g/mol. The van der Waals surface area contributed by atoms with Gasteiger partial charge < -0.3 is 9.88 Å². The van der Waals surface area contributed by atoms with Crippen LogP contribution in [-0.2, 0) is 11.3 Å². The minimum atomic E-state index is 0.0242. The van der Waals surface area contributed by atoms with Gasteiger partial charge in [0.15, 0.2) is 0 Å². The maximum atomic E-state index is 12.2. The van der Waals surface area contributed by atoms with Gasteiger partial charge in [0.1, 0.15) is 0 Å². The van der Waals surface area contributed by atoms with Gasteiger partial charge in [-0.15, -0.1) is 11.8 Å². The number of fused-ring (bicyclic) bond motifs is 1. The van der Waals surface area contributed by atoms with Crippen molar-refractivity contribution in [3.05, 3.63) is 60.3 Å². The molecular formula is C20H22N2OS. The molecule has 24 heavy (non-hydrogen) atoms. The van der Waals surface area contributed by atoms with Gasteiger partial charge in [0, 0.05) is 34.2 Å². The van der Waals surface area contributed by atoms with Gasteiger partial charge in [-0.3, -0.25) is 4.79 Å². The van der Waals surface area contributed by atoms with Crippen molar-refractivity contribution in [3.63, 3.8) is 0 Å². The maximum Gasteiger partial charge on any atom is 0.234 e. The monoisotopic (exact) mass is 338 g/mol. The summed E-state index contributed by atoms with van der Waals surface area (Å²) in [5, 5.41) is 4.17. The van der Waals surface area contributed by atoms with E-state index in [0.29, 0.717) is 5.75 Å². The quantitative estimate of drug-likeness (QED) is 0.635. The zero-order chi connectivity index (χ0) is 16.9. The van der Waals surface area contributed by atoms with Crippen molar-refractivity contribution in [1.82, 2.24) is 4.57 Å². The third-order valence-corrected chi connectivity index (χ3v) is 4.95. The van der Waals surface area contributed by atoms with E-state index >= 15 is 0 Å². The van der Waals surface area contributed by atoms with Crippen LogP contribution in [0.25, 0.3) is 10.9 Å². The SMILES string of the molecule is CCCn1cc(SCC(=O)Nc2ccc(C)cc2)c2ccccc21. The second-order valence-electron chi connectivity index (χ2n) is 5.91. The minimum absolute atomic E-state index is 0.0242. The summed E-state index contributed by atoms with van der Waals surface area (Å²) in [7, 11) is 0. The number of carbonyl (C=O) groups excluding carboxylic acids is 1. The van der Waals surface area contributed by atoms with E-state index in [4.69, 9.17) is 0 Å². The first-order chi connectivity index (χ1) is 11.7. The Morgan fingerprint density at radius 1 is 1.12 bits per heavy atom. The lowest BCUT2D eigenvalue weighted by atomic mass is 10.2. The van der Waals surface area contributed by atoms with Crippen LogP contribution in [0.1, 0.15) is 18.9 Å². The van der Waals surface area contributed by atoms with Crippen LogP contribution >= 0.6 is 11.8 Å². The van der Waals surface area contributed by atoms with Crippen molar-refractivity contribution in [3.8, 4) is 0 Å². The Kier molecular flexibility index (Phi) is 5.26. The molecule has 0 atom stereocenters. The highest BCUT2D eigenvalue weighted by molar-refractivity contribution is 8.00. The first-order valence-corrected chi connectivity index (χ1v) is 9.23. The molecule has 0 aliphatic heterocycles. The molecule has 124 valence electrons. The molecule has 0 spiro atoms. The predicted molar refractivity (Wildman–Crippen MR) is 103 cm³/mol. The summed E-state index contributed by atoms with van der Waals surface area (Å²) >= 11 is 1.59. The number of para-hydroxylation sites is 1. The zero-order valence-corrected chi connectivity index (χ0v) is 14.9. The van der Waals surface area contributed by atoms with Crippen LogP contribution < -0.4 is 5.32 Å². The van der Waals surface area contributed by atoms with Crippen LogP contribution in [0.3, 0.4) is 0 Å². The standard InChI is InChI=1S/C20H22N2OS/c1-3-12-22-13-19(17-6-4-5-7-18(17)22)24-14-20(23)21-16-10-8-15(2)9-11-16/h4-11,13H,3,12,14H2,1-2H3,(H,21,23). The third kappa shape index (κ3) is 3.82. The van der Waals surface area contributed by atoms with Crippen molar-refractivity contribution in [2.75, 3.05) is 11.1 Å². The van der Waals surface area contributed by atoms with Crippen molar-refractivity contribution >= 4 is 34.3 Å². The van der Waals surface area contributed by atoms with Crippen LogP contribution in [-0.4, -0.2) is 16.2 Å². The lowest BCUT2D eigenvalue weighted by Gasteiger charge is -2.05. The third-order valence-electron chi connectivity index (χ3n) is 3.91. The summed E-state index contributed by atoms with van der Waals surface area (Å²) in [6, 6.07) is 16.3. The highest BCUT2D eigenvalue weighted by Gasteiger charge is 2.10. The number of nitrogens with zero attached hydrogens (tertiary/aromatic N) is 1. The number of aryl methyl sites for hydroxylation is 2. The van der Waals surface area contributed by atoms with Gasteiger partial charge in [0.25, 0.3) is 0 Å². The molecule has 1 aromatic heterocycles.